The third-order valence-corrected chi connectivity index (χ3v) is 3.35. The van der Waals surface area contributed by atoms with E-state index in [0.29, 0.717) is 12.5 Å². The molecule has 0 saturated carbocycles. The van der Waals surface area contributed by atoms with Crippen molar-refractivity contribution in [2.75, 3.05) is 19.0 Å². The molecule has 4 heteroatoms. The van der Waals surface area contributed by atoms with Crippen LogP contribution in [0.5, 0.6) is 0 Å². The predicted molar refractivity (Wildman–Crippen MR) is 82.5 cm³/mol. The second-order valence-corrected chi connectivity index (χ2v) is 5.50. The number of aromatic nitrogens is 2. The molecule has 4 nitrogen and oxygen atoms in total. The summed E-state index contributed by atoms with van der Waals surface area (Å²) in [4.78, 5) is 13.9. The van der Waals surface area contributed by atoms with E-state index < -0.39 is 0 Å². The molecule has 0 aliphatic carbocycles. The zero-order valence-electron chi connectivity index (χ0n) is 12.5. The molecule has 0 radical (unpaired) electrons. The second-order valence-electron chi connectivity index (χ2n) is 5.50. The van der Waals surface area contributed by atoms with Crippen molar-refractivity contribution < 1.29 is 0 Å². The number of nitrogens with zero attached hydrogens (tertiary/aromatic N) is 3. The molecular weight excluding hydrogens is 250 g/mol. The minimum absolute atomic E-state index is 0.0795. The molecule has 1 heterocycles. The molecule has 0 amide bonds. The van der Waals surface area contributed by atoms with E-state index in [2.05, 4.69) is 43.2 Å². The van der Waals surface area contributed by atoms with Crippen molar-refractivity contribution in [2.24, 2.45) is 0 Å². The SMILES string of the molecule is CC(C)c1ccc(Cn2ncc(N(C)C)cc2=O)cc1. The molecule has 1 aromatic heterocycles. The highest BCUT2D eigenvalue weighted by molar-refractivity contribution is 5.40. The zero-order valence-corrected chi connectivity index (χ0v) is 12.5. The maximum Gasteiger partial charge on any atom is 0.269 e. The topological polar surface area (TPSA) is 38.1 Å². The highest BCUT2D eigenvalue weighted by Gasteiger charge is 2.04. The van der Waals surface area contributed by atoms with Crippen molar-refractivity contribution in [1.82, 2.24) is 9.78 Å². The van der Waals surface area contributed by atoms with E-state index >= 15 is 0 Å². The third kappa shape index (κ3) is 3.26. The van der Waals surface area contributed by atoms with Crippen LogP contribution in [0.3, 0.4) is 0 Å². The summed E-state index contributed by atoms with van der Waals surface area (Å²) in [6, 6.07) is 9.94. The fourth-order valence-corrected chi connectivity index (χ4v) is 1.97. The lowest BCUT2D eigenvalue weighted by Crippen LogP contribution is -2.24. The van der Waals surface area contributed by atoms with E-state index in [1.54, 1.807) is 12.3 Å². The first-order chi connectivity index (χ1) is 9.47. The van der Waals surface area contributed by atoms with E-state index in [0.717, 1.165) is 11.3 Å². The van der Waals surface area contributed by atoms with Gasteiger partial charge < -0.3 is 4.90 Å². The monoisotopic (exact) mass is 271 g/mol. The van der Waals surface area contributed by atoms with Gasteiger partial charge in [-0.1, -0.05) is 38.1 Å². The molecule has 0 bridgehead atoms. The first-order valence-corrected chi connectivity index (χ1v) is 6.80. The number of anilines is 1. The van der Waals surface area contributed by atoms with Crippen LogP contribution in [0.4, 0.5) is 5.69 Å². The smallest absolute Gasteiger partial charge is 0.269 e. The van der Waals surface area contributed by atoms with Crippen molar-refractivity contribution in [3.8, 4) is 0 Å². The molecule has 0 spiro atoms. The van der Waals surface area contributed by atoms with Crippen molar-refractivity contribution in [3.63, 3.8) is 0 Å². The first kappa shape index (κ1) is 14.3. The summed E-state index contributed by atoms with van der Waals surface area (Å²) in [5.74, 6) is 0.518. The van der Waals surface area contributed by atoms with E-state index in [1.807, 2.05) is 19.0 Å². The quantitative estimate of drug-likeness (QED) is 0.857. The van der Waals surface area contributed by atoms with Crippen molar-refractivity contribution in [3.05, 3.63) is 58.0 Å². The minimum atomic E-state index is -0.0795. The maximum absolute atomic E-state index is 12.0. The van der Waals surface area contributed by atoms with Crippen LogP contribution >= 0.6 is 0 Å². The molecule has 1 aromatic carbocycles. The molecule has 0 aliphatic rings. The number of benzene rings is 1. The number of rotatable bonds is 4. The molecular formula is C16H21N3O. The van der Waals surface area contributed by atoms with Crippen LogP contribution in [0, 0.1) is 0 Å². The average Bonchev–Trinajstić information content (AvgIpc) is 2.41. The maximum atomic E-state index is 12.0. The fraction of sp³-hybridized carbons (Fsp3) is 0.375. The van der Waals surface area contributed by atoms with Gasteiger partial charge in [0.15, 0.2) is 0 Å². The Hall–Kier alpha value is -2.10. The Labute approximate surface area is 119 Å². The Kier molecular flexibility index (Phi) is 4.23. The van der Waals surface area contributed by atoms with Gasteiger partial charge in [-0.05, 0) is 17.0 Å². The first-order valence-electron chi connectivity index (χ1n) is 6.80. The Morgan fingerprint density at radius 1 is 1.20 bits per heavy atom. The standard InChI is InChI=1S/C16H21N3O/c1-12(2)14-7-5-13(6-8-14)11-19-16(20)9-15(10-17-19)18(3)4/h5-10,12H,11H2,1-4H3. The summed E-state index contributed by atoms with van der Waals surface area (Å²) in [5, 5.41) is 4.21. The molecule has 0 aliphatic heterocycles. The van der Waals surface area contributed by atoms with Gasteiger partial charge >= 0.3 is 0 Å². The van der Waals surface area contributed by atoms with Gasteiger partial charge in [0.2, 0.25) is 0 Å². The zero-order chi connectivity index (χ0) is 14.7. The van der Waals surface area contributed by atoms with Crippen LogP contribution in [0.25, 0.3) is 0 Å². The van der Waals surface area contributed by atoms with Crippen LogP contribution in [0.1, 0.15) is 30.9 Å². The van der Waals surface area contributed by atoms with Crippen LogP contribution in [0.2, 0.25) is 0 Å². The van der Waals surface area contributed by atoms with Crippen LogP contribution < -0.4 is 10.5 Å². The Morgan fingerprint density at radius 3 is 2.35 bits per heavy atom. The normalized spacial score (nSPS) is 10.8. The van der Waals surface area contributed by atoms with Crippen molar-refractivity contribution >= 4 is 5.69 Å². The summed E-state index contributed by atoms with van der Waals surface area (Å²) in [7, 11) is 3.79. The van der Waals surface area contributed by atoms with Gasteiger partial charge in [-0.2, -0.15) is 5.10 Å². The molecule has 20 heavy (non-hydrogen) atoms. The van der Waals surface area contributed by atoms with Crippen LogP contribution in [-0.4, -0.2) is 23.9 Å². The summed E-state index contributed by atoms with van der Waals surface area (Å²) in [6.07, 6.45) is 1.71. The Morgan fingerprint density at radius 2 is 1.85 bits per heavy atom. The van der Waals surface area contributed by atoms with Crippen molar-refractivity contribution in [1.29, 1.82) is 0 Å². The summed E-state index contributed by atoms with van der Waals surface area (Å²) < 4.78 is 1.48. The average molecular weight is 271 g/mol. The molecule has 0 fully saturated rings. The lowest BCUT2D eigenvalue weighted by atomic mass is 10.0. The third-order valence-electron chi connectivity index (χ3n) is 3.35. The Balaban J connectivity index is 2.20. The van der Waals surface area contributed by atoms with Gasteiger partial charge in [0.05, 0.1) is 18.4 Å². The van der Waals surface area contributed by atoms with E-state index in [4.69, 9.17) is 0 Å². The molecule has 0 N–H and O–H groups in total. The highest BCUT2D eigenvalue weighted by atomic mass is 16.1. The predicted octanol–water partition coefficient (Wildman–Crippen LogP) is 2.48. The van der Waals surface area contributed by atoms with Crippen LogP contribution in [0.15, 0.2) is 41.3 Å². The van der Waals surface area contributed by atoms with Crippen LogP contribution in [-0.2, 0) is 6.54 Å². The van der Waals surface area contributed by atoms with Gasteiger partial charge in [-0.3, -0.25) is 4.79 Å². The Bertz CT molecular complexity index is 627. The minimum Gasteiger partial charge on any atom is -0.376 e. The van der Waals surface area contributed by atoms with Gasteiger partial charge in [0.1, 0.15) is 0 Å². The molecule has 0 unspecified atom stereocenters. The van der Waals surface area contributed by atoms with E-state index in [-0.39, 0.29) is 5.56 Å². The largest absolute Gasteiger partial charge is 0.376 e. The van der Waals surface area contributed by atoms with Crippen molar-refractivity contribution in [2.45, 2.75) is 26.3 Å². The van der Waals surface area contributed by atoms with Gasteiger partial charge in [0, 0.05) is 20.2 Å². The van der Waals surface area contributed by atoms with Gasteiger partial charge in [-0.15, -0.1) is 0 Å². The summed E-state index contributed by atoms with van der Waals surface area (Å²) >= 11 is 0. The molecule has 0 atom stereocenters. The number of hydrogen-bond donors (Lipinski definition) is 0. The van der Waals surface area contributed by atoms with Gasteiger partial charge in [0.25, 0.3) is 5.56 Å². The van der Waals surface area contributed by atoms with E-state index in [9.17, 15) is 4.79 Å². The second kappa shape index (κ2) is 5.90. The molecule has 2 rings (SSSR count). The fourth-order valence-electron chi connectivity index (χ4n) is 1.97. The molecule has 2 aromatic rings. The molecule has 106 valence electrons. The van der Waals surface area contributed by atoms with E-state index in [1.165, 1.54) is 10.2 Å². The molecule has 0 saturated heterocycles. The summed E-state index contributed by atoms with van der Waals surface area (Å²) in [6.45, 7) is 4.84. The number of hydrogen-bond acceptors (Lipinski definition) is 3. The lowest BCUT2D eigenvalue weighted by molar-refractivity contribution is 0.638. The highest BCUT2D eigenvalue weighted by Crippen LogP contribution is 2.15. The van der Waals surface area contributed by atoms with Gasteiger partial charge in [-0.25, -0.2) is 4.68 Å². The lowest BCUT2D eigenvalue weighted by Gasteiger charge is -2.12. The summed E-state index contributed by atoms with van der Waals surface area (Å²) in [5.41, 5.74) is 3.13.